The lowest BCUT2D eigenvalue weighted by molar-refractivity contribution is -0.136. The fourth-order valence-electron chi connectivity index (χ4n) is 4.39. The Labute approximate surface area is 220 Å². The number of fused-ring (bicyclic) bond motifs is 1. The molecule has 0 radical (unpaired) electrons. The van der Waals surface area contributed by atoms with E-state index in [1.807, 2.05) is 30.3 Å². The molecule has 0 fully saturated rings. The lowest BCUT2D eigenvalue weighted by atomic mass is 9.87. The highest BCUT2D eigenvalue weighted by Crippen LogP contribution is 2.49. The molecule has 1 unspecified atom stereocenters. The predicted molar refractivity (Wildman–Crippen MR) is 143 cm³/mol. The first kappa shape index (κ1) is 26.4. The van der Waals surface area contributed by atoms with E-state index in [0.29, 0.717) is 28.8 Å². The van der Waals surface area contributed by atoms with Crippen molar-refractivity contribution in [2.75, 3.05) is 38.5 Å². The highest BCUT2D eigenvalue weighted by molar-refractivity contribution is 8.00. The van der Waals surface area contributed by atoms with E-state index in [1.54, 1.807) is 38.1 Å². The van der Waals surface area contributed by atoms with Crippen molar-refractivity contribution in [2.45, 2.75) is 31.4 Å². The molecule has 4 rings (SSSR count). The summed E-state index contributed by atoms with van der Waals surface area (Å²) in [5, 5.41) is 14.4. The van der Waals surface area contributed by atoms with E-state index < -0.39 is 17.9 Å². The molecule has 0 spiro atoms. The predicted octanol–water partition coefficient (Wildman–Crippen LogP) is 4.45. The second-order valence-corrected chi connectivity index (χ2v) is 10.7. The van der Waals surface area contributed by atoms with Gasteiger partial charge < -0.3 is 19.3 Å². The lowest BCUT2D eigenvalue weighted by Crippen LogP contribution is -2.38. The quantitative estimate of drug-likeness (QED) is 0.483. The van der Waals surface area contributed by atoms with Crippen LogP contribution in [0.3, 0.4) is 0 Å². The van der Waals surface area contributed by atoms with Gasteiger partial charge >= 0.3 is 5.97 Å². The molecule has 0 saturated heterocycles. The molecule has 2 aromatic carbocycles. The van der Waals surface area contributed by atoms with Gasteiger partial charge in [-0.25, -0.2) is 4.68 Å². The number of ether oxygens (including phenoxy) is 3. The Balaban J connectivity index is 2.04. The molecule has 0 saturated carbocycles. The van der Waals surface area contributed by atoms with Gasteiger partial charge in [-0.15, -0.1) is 11.8 Å². The van der Waals surface area contributed by atoms with Crippen LogP contribution in [0.5, 0.6) is 17.2 Å². The number of hydrogen-bond donors (Lipinski definition) is 1. The molecule has 3 aromatic rings. The third kappa shape index (κ3) is 5.11. The van der Waals surface area contributed by atoms with Crippen molar-refractivity contribution in [3.63, 3.8) is 0 Å². The molecular weight excluding hydrogens is 494 g/mol. The van der Waals surface area contributed by atoms with Gasteiger partial charge in [-0.2, -0.15) is 5.10 Å². The number of carbonyl (C=O) groups is 2. The van der Waals surface area contributed by atoms with Gasteiger partial charge in [-0.3, -0.25) is 14.5 Å². The van der Waals surface area contributed by atoms with Crippen LogP contribution in [0.2, 0.25) is 0 Å². The average molecular weight is 526 g/mol. The van der Waals surface area contributed by atoms with Gasteiger partial charge in [0.25, 0.3) is 0 Å². The zero-order valence-corrected chi connectivity index (χ0v) is 22.6. The summed E-state index contributed by atoms with van der Waals surface area (Å²) in [6.07, 6.45) is 0. The molecule has 9 nitrogen and oxygen atoms in total. The van der Waals surface area contributed by atoms with Crippen LogP contribution in [0.25, 0.3) is 5.69 Å². The van der Waals surface area contributed by atoms with Gasteiger partial charge in [-0.1, -0.05) is 26.8 Å². The van der Waals surface area contributed by atoms with Gasteiger partial charge in [-0.05, 0) is 42.0 Å². The maximum absolute atomic E-state index is 13.4. The Kier molecular flexibility index (Phi) is 7.40. The summed E-state index contributed by atoms with van der Waals surface area (Å²) in [4.78, 5) is 26.6. The summed E-state index contributed by atoms with van der Waals surface area (Å²) in [5.41, 5.74) is 2.75. The fraction of sp³-hybridized carbons (Fsp3) is 0.370. The number of rotatable bonds is 7. The van der Waals surface area contributed by atoms with Crippen LogP contribution in [0.1, 0.15) is 42.8 Å². The van der Waals surface area contributed by atoms with Crippen molar-refractivity contribution in [1.82, 2.24) is 9.78 Å². The van der Waals surface area contributed by atoms with Crippen molar-refractivity contribution < 1.29 is 28.9 Å². The summed E-state index contributed by atoms with van der Waals surface area (Å²) in [5.74, 6) is 0.995. The number of amides is 1. The van der Waals surface area contributed by atoms with Crippen molar-refractivity contribution in [2.24, 2.45) is 0 Å². The number of nitrogens with zero attached hydrogens (tertiary/aromatic N) is 3. The van der Waals surface area contributed by atoms with Crippen molar-refractivity contribution in [3.05, 3.63) is 59.3 Å². The number of aliphatic carboxylic acids is 1. The number of carboxylic acid groups (broad SMARTS) is 1. The zero-order chi connectivity index (χ0) is 26.9. The number of benzene rings is 2. The van der Waals surface area contributed by atoms with E-state index in [4.69, 9.17) is 19.3 Å². The number of thioether (sulfide) groups is 1. The molecule has 196 valence electrons. The summed E-state index contributed by atoms with van der Waals surface area (Å²) in [7, 11) is 4.74. The van der Waals surface area contributed by atoms with Gasteiger partial charge in [0.2, 0.25) is 5.91 Å². The highest BCUT2D eigenvalue weighted by Gasteiger charge is 2.40. The largest absolute Gasteiger partial charge is 0.497 e. The summed E-state index contributed by atoms with van der Waals surface area (Å²) in [6, 6.07) is 13.0. The summed E-state index contributed by atoms with van der Waals surface area (Å²) in [6.45, 7) is 5.69. The van der Waals surface area contributed by atoms with Crippen LogP contribution in [0.4, 0.5) is 5.82 Å². The van der Waals surface area contributed by atoms with E-state index >= 15 is 0 Å². The SMILES string of the molecule is COc1ccc(-n2nc(C(C)(C)C)c3c2N(CC(=O)O)C(=O)CSC3c2ccc(OC)c(OC)c2)cc1. The second kappa shape index (κ2) is 10.4. The topological polar surface area (TPSA) is 103 Å². The molecule has 1 aliphatic heterocycles. The normalized spacial score (nSPS) is 15.7. The number of carbonyl (C=O) groups excluding carboxylic acids is 1. The van der Waals surface area contributed by atoms with Crippen LogP contribution in [0, 0.1) is 0 Å². The molecule has 37 heavy (non-hydrogen) atoms. The van der Waals surface area contributed by atoms with Crippen LogP contribution in [0.15, 0.2) is 42.5 Å². The van der Waals surface area contributed by atoms with Crippen LogP contribution >= 0.6 is 11.8 Å². The Bertz CT molecular complexity index is 1310. The Morgan fingerprint density at radius 2 is 1.73 bits per heavy atom. The first-order valence-electron chi connectivity index (χ1n) is 11.7. The van der Waals surface area contributed by atoms with Gasteiger partial charge in [0.1, 0.15) is 18.1 Å². The Morgan fingerprint density at radius 3 is 2.30 bits per heavy atom. The number of hydrogen-bond acceptors (Lipinski definition) is 7. The van der Waals surface area contributed by atoms with E-state index in [0.717, 1.165) is 16.8 Å². The van der Waals surface area contributed by atoms with Crippen molar-refractivity contribution in [1.29, 1.82) is 0 Å². The van der Waals surface area contributed by atoms with E-state index in [2.05, 4.69) is 20.8 Å². The number of anilines is 1. The second-order valence-electron chi connectivity index (χ2n) is 9.62. The highest BCUT2D eigenvalue weighted by atomic mass is 32.2. The molecule has 10 heteroatoms. The molecule has 0 bridgehead atoms. The first-order valence-corrected chi connectivity index (χ1v) is 12.8. The molecule has 0 aliphatic carbocycles. The van der Waals surface area contributed by atoms with E-state index in [9.17, 15) is 14.7 Å². The van der Waals surface area contributed by atoms with Gasteiger partial charge in [0, 0.05) is 11.0 Å². The molecule has 2 heterocycles. The Morgan fingerprint density at radius 1 is 1.05 bits per heavy atom. The van der Waals surface area contributed by atoms with Crippen LogP contribution in [-0.2, 0) is 15.0 Å². The Hall–Kier alpha value is -3.66. The number of carboxylic acids is 1. The van der Waals surface area contributed by atoms with Gasteiger partial charge in [0.15, 0.2) is 11.5 Å². The standard InChI is InChI=1S/C27H31N3O6S/c1-27(2,3)25-23-24(16-7-12-19(35-5)20(13-16)36-6)37-15-21(31)29(14-22(32)33)26(23)30(28-25)17-8-10-18(34-4)11-9-17/h7-13,24H,14-15H2,1-6H3,(H,32,33). The number of methoxy groups -OCH3 is 3. The van der Waals surface area contributed by atoms with Crippen LogP contribution < -0.4 is 19.1 Å². The maximum Gasteiger partial charge on any atom is 0.323 e. The minimum Gasteiger partial charge on any atom is -0.497 e. The summed E-state index contributed by atoms with van der Waals surface area (Å²) < 4.78 is 18.0. The van der Waals surface area contributed by atoms with Gasteiger partial charge in [0.05, 0.1) is 43.7 Å². The third-order valence-electron chi connectivity index (χ3n) is 6.12. The summed E-state index contributed by atoms with van der Waals surface area (Å²) >= 11 is 1.44. The van der Waals surface area contributed by atoms with E-state index in [1.165, 1.54) is 16.7 Å². The first-order chi connectivity index (χ1) is 17.6. The molecule has 1 amide bonds. The monoisotopic (exact) mass is 525 g/mol. The zero-order valence-electron chi connectivity index (χ0n) is 21.8. The minimum atomic E-state index is -1.10. The fourth-order valence-corrected chi connectivity index (χ4v) is 5.58. The van der Waals surface area contributed by atoms with Crippen molar-refractivity contribution >= 4 is 29.5 Å². The third-order valence-corrected chi connectivity index (χ3v) is 7.37. The number of aromatic nitrogens is 2. The molecule has 1 N–H and O–H groups in total. The lowest BCUT2D eigenvalue weighted by Gasteiger charge is -2.24. The maximum atomic E-state index is 13.4. The smallest absolute Gasteiger partial charge is 0.323 e. The molecule has 1 aromatic heterocycles. The molecule has 1 aliphatic rings. The average Bonchev–Trinajstić information content (AvgIpc) is 3.21. The minimum absolute atomic E-state index is 0.104. The molecule has 1 atom stereocenters. The van der Waals surface area contributed by atoms with Crippen molar-refractivity contribution in [3.8, 4) is 22.9 Å². The van der Waals surface area contributed by atoms with E-state index in [-0.39, 0.29) is 16.9 Å². The van der Waals surface area contributed by atoms with Crippen LogP contribution in [-0.4, -0.2) is 60.4 Å². The molecular formula is C27H31N3O6S.